The van der Waals surface area contributed by atoms with E-state index < -0.39 is 36.4 Å². The number of esters is 2. The van der Waals surface area contributed by atoms with Gasteiger partial charge in [-0.05, 0) is 32.9 Å². The molecule has 6 nitrogen and oxygen atoms in total. The van der Waals surface area contributed by atoms with Gasteiger partial charge in [-0.2, -0.15) is 0 Å². The van der Waals surface area contributed by atoms with Crippen molar-refractivity contribution >= 4 is 11.9 Å². The van der Waals surface area contributed by atoms with Gasteiger partial charge in [0.25, 0.3) is 0 Å². The van der Waals surface area contributed by atoms with Crippen LogP contribution in [-0.2, 0) is 19.1 Å². The number of aliphatic hydroxyl groups excluding tert-OH is 2. The molecule has 0 aliphatic carbocycles. The molecule has 0 aromatic carbocycles. The van der Waals surface area contributed by atoms with Crippen molar-refractivity contribution in [1.29, 1.82) is 0 Å². The van der Waals surface area contributed by atoms with Crippen LogP contribution < -0.4 is 0 Å². The van der Waals surface area contributed by atoms with Crippen LogP contribution in [0.4, 0.5) is 0 Å². The molecule has 0 amide bonds. The average molecular weight is 296 g/mol. The lowest BCUT2D eigenvalue weighted by Crippen LogP contribution is -2.30. The van der Waals surface area contributed by atoms with Gasteiger partial charge in [-0.3, -0.25) is 0 Å². The molecule has 0 aromatic rings. The monoisotopic (exact) mass is 296 g/mol. The fraction of sp³-hybridized carbons (Fsp3) is 0.467. The maximum atomic E-state index is 11.8. The number of ether oxygens (including phenoxy) is 2. The Balaban J connectivity index is 2.82. The molecule has 4 atom stereocenters. The molecule has 0 bridgehead atoms. The van der Waals surface area contributed by atoms with Crippen LogP contribution in [0.3, 0.4) is 0 Å². The molecular weight excluding hydrogens is 276 g/mol. The number of hydrogen-bond acceptors (Lipinski definition) is 6. The molecule has 0 fully saturated rings. The average Bonchev–Trinajstić information content (AvgIpc) is 2.87. The molecule has 21 heavy (non-hydrogen) atoms. The summed E-state index contributed by atoms with van der Waals surface area (Å²) in [5.41, 5.74) is 0.415. The zero-order valence-corrected chi connectivity index (χ0v) is 12.2. The fourth-order valence-corrected chi connectivity index (χ4v) is 1.50. The van der Waals surface area contributed by atoms with Crippen molar-refractivity contribution in [1.82, 2.24) is 0 Å². The molecule has 0 aromatic heterocycles. The molecule has 0 saturated heterocycles. The van der Waals surface area contributed by atoms with E-state index in [1.807, 2.05) is 0 Å². The predicted octanol–water partition coefficient (Wildman–Crippen LogP) is 0.644. The summed E-state index contributed by atoms with van der Waals surface area (Å²) in [6.07, 6.45) is 3.33. The normalized spacial score (nSPS) is 23.0. The third-order valence-corrected chi connectivity index (χ3v) is 2.99. The first kappa shape index (κ1) is 17.1. The van der Waals surface area contributed by atoms with Crippen LogP contribution in [-0.4, -0.2) is 46.6 Å². The SMILES string of the molecule is C/C=C(\C)C(=O)O[C@H](/C=C/[C@H](O)[C@H](C)O)[C@@H]1C=CC(=O)O1. The van der Waals surface area contributed by atoms with Gasteiger partial charge >= 0.3 is 11.9 Å². The maximum Gasteiger partial charge on any atom is 0.334 e. The van der Waals surface area contributed by atoms with Gasteiger partial charge in [0.2, 0.25) is 0 Å². The van der Waals surface area contributed by atoms with Gasteiger partial charge in [-0.1, -0.05) is 12.2 Å². The summed E-state index contributed by atoms with van der Waals surface area (Å²) < 4.78 is 10.2. The lowest BCUT2D eigenvalue weighted by Gasteiger charge is -2.20. The van der Waals surface area contributed by atoms with Gasteiger partial charge in [0.15, 0.2) is 12.2 Å². The van der Waals surface area contributed by atoms with Gasteiger partial charge in [0.05, 0.1) is 12.2 Å². The summed E-state index contributed by atoms with van der Waals surface area (Å²) in [7, 11) is 0. The van der Waals surface area contributed by atoms with Crippen LogP contribution in [0.2, 0.25) is 0 Å². The highest BCUT2D eigenvalue weighted by molar-refractivity contribution is 5.88. The maximum absolute atomic E-state index is 11.8. The van der Waals surface area contributed by atoms with E-state index in [2.05, 4.69) is 0 Å². The highest BCUT2D eigenvalue weighted by atomic mass is 16.6. The van der Waals surface area contributed by atoms with E-state index in [1.165, 1.54) is 31.2 Å². The van der Waals surface area contributed by atoms with E-state index in [0.717, 1.165) is 0 Å². The first-order valence-electron chi connectivity index (χ1n) is 6.62. The largest absolute Gasteiger partial charge is 0.451 e. The van der Waals surface area contributed by atoms with Crippen molar-refractivity contribution in [3.05, 3.63) is 36.0 Å². The number of cyclic esters (lactones) is 1. The number of carbonyl (C=O) groups is 2. The number of allylic oxidation sites excluding steroid dienone is 1. The predicted molar refractivity (Wildman–Crippen MR) is 75.2 cm³/mol. The molecule has 1 aliphatic heterocycles. The lowest BCUT2D eigenvalue weighted by molar-refractivity contribution is -0.153. The zero-order chi connectivity index (χ0) is 16.0. The molecule has 0 saturated carbocycles. The third-order valence-electron chi connectivity index (χ3n) is 2.99. The first-order chi connectivity index (χ1) is 9.85. The topological polar surface area (TPSA) is 93.1 Å². The minimum absolute atomic E-state index is 0.415. The second-order valence-electron chi connectivity index (χ2n) is 4.72. The molecule has 1 aliphatic rings. The Morgan fingerprint density at radius 2 is 2.10 bits per heavy atom. The summed E-state index contributed by atoms with van der Waals surface area (Å²) in [5.74, 6) is -1.07. The number of rotatable bonds is 6. The summed E-state index contributed by atoms with van der Waals surface area (Å²) in [6.45, 7) is 4.73. The Morgan fingerprint density at radius 1 is 1.43 bits per heavy atom. The molecule has 2 N–H and O–H groups in total. The number of hydrogen-bond donors (Lipinski definition) is 2. The fourth-order valence-electron chi connectivity index (χ4n) is 1.50. The van der Waals surface area contributed by atoms with Crippen molar-refractivity contribution in [3.63, 3.8) is 0 Å². The van der Waals surface area contributed by atoms with Crippen LogP contribution in [0.5, 0.6) is 0 Å². The van der Waals surface area contributed by atoms with Crippen LogP contribution in [0.15, 0.2) is 36.0 Å². The lowest BCUT2D eigenvalue weighted by atomic mass is 10.1. The second kappa shape index (κ2) is 7.75. The summed E-state index contributed by atoms with van der Waals surface area (Å²) in [6, 6.07) is 0. The summed E-state index contributed by atoms with van der Waals surface area (Å²) in [5, 5.41) is 18.8. The van der Waals surface area contributed by atoms with E-state index in [4.69, 9.17) is 9.47 Å². The molecule has 1 rings (SSSR count). The smallest absolute Gasteiger partial charge is 0.334 e. The minimum Gasteiger partial charge on any atom is -0.451 e. The summed E-state index contributed by atoms with van der Waals surface area (Å²) in [4.78, 5) is 22.9. The number of aliphatic hydroxyl groups is 2. The van der Waals surface area contributed by atoms with E-state index in [1.54, 1.807) is 19.9 Å². The van der Waals surface area contributed by atoms with Crippen LogP contribution >= 0.6 is 0 Å². The molecule has 0 spiro atoms. The Bertz CT molecular complexity index is 475. The van der Waals surface area contributed by atoms with Gasteiger partial charge in [0.1, 0.15) is 0 Å². The Kier molecular flexibility index (Phi) is 6.33. The van der Waals surface area contributed by atoms with Gasteiger partial charge < -0.3 is 19.7 Å². The molecule has 1 heterocycles. The van der Waals surface area contributed by atoms with Crippen molar-refractivity contribution in [2.45, 2.75) is 45.2 Å². The third kappa shape index (κ3) is 5.17. The molecule has 0 unspecified atom stereocenters. The minimum atomic E-state index is -1.10. The first-order valence-corrected chi connectivity index (χ1v) is 6.62. The molecule has 116 valence electrons. The van der Waals surface area contributed by atoms with Gasteiger partial charge in [-0.15, -0.1) is 0 Å². The quantitative estimate of drug-likeness (QED) is 0.424. The number of carbonyl (C=O) groups excluding carboxylic acids is 2. The van der Waals surface area contributed by atoms with Crippen molar-refractivity contribution in [2.75, 3.05) is 0 Å². The Labute approximate surface area is 123 Å². The molecule has 6 heteroatoms. The van der Waals surface area contributed by atoms with E-state index in [-0.39, 0.29) is 0 Å². The molecule has 0 radical (unpaired) electrons. The Morgan fingerprint density at radius 3 is 2.57 bits per heavy atom. The van der Waals surface area contributed by atoms with Gasteiger partial charge in [-0.25, -0.2) is 9.59 Å². The van der Waals surface area contributed by atoms with Crippen LogP contribution in [0.25, 0.3) is 0 Å². The second-order valence-corrected chi connectivity index (χ2v) is 4.72. The highest BCUT2D eigenvalue weighted by Gasteiger charge is 2.28. The van der Waals surface area contributed by atoms with E-state index >= 15 is 0 Å². The summed E-state index contributed by atoms with van der Waals surface area (Å²) >= 11 is 0. The van der Waals surface area contributed by atoms with Gasteiger partial charge in [0, 0.05) is 11.6 Å². The van der Waals surface area contributed by atoms with Crippen molar-refractivity contribution in [3.8, 4) is 0 Å². The zero-order valence-electron chi connectivity index (χ0n) is 12.2. The molecular formula is C15H20O6. The van der Waals surface area contributed by atoms with Crippen LogP contribution in [0, 0.1) is 0 Å². The standard InChI is InChI=1S/C15H20O6/c1-4-9(2)15(19)21-13(6-5-11(17)10(3)16)12-7-8-14(18)20-12/h4-8,10-13,16-17H,1-3H3/b6-5+,9-4+/t10-,11-,12-,13+/m0/s1. The van der Waals surface area contributed by atoms with Crippen molar-refractivity contribution < 1.29 is 29.3 Å². The van der Waals surface area contributed by atoms with E-state index in [0.29, 0.717) is 5.57 Å². The Hall–Kier alpha value is -1.92. The van der Waals surface area contributed by atoms with E-state index in [9.17, 15) is 19.8 Å². The van der Waals surface area contributed by atoms with Crippen LogP contribution in [0.1, 0.15) is 20.8 Å². The van der Waals surface area contributed by atoms with Crippen molar-refractivity contribution in [2.24, 2.45) is 0 Å². The highest BCUT2D eigenvalue weighted by Crippen LogP contribution is 2.16.